The lowest BCUT2D eigenvalue weighted by atomic mass is 10.0. The van der Waals surface area contributed by atoms with Gasteiger partial charge in [-0.25, -0.2) is 4.79 Å². The maximum Gasteiger partial charge on any atom is 0.338 e. The van der Waals surface area contributed by atoms with Crippen molar-refractivity contribution in [2.75, 3.05) is 6.61 Å². The summed E-state index contributed by atoms with van der Waals surface area (Å²) in [5.74, 6) is 6.27. The molecule has 0 aliphatic rings. The fourth-order valence-corrected chi connectivity index (χ4v) is 2.80. The van der Waals surface area contributed by atoms with Gasteiger partial charge in [-0.3, -0.25) is 0 Å². The monoisotopic (exact) mass is 380 g/mol. The molecule has 144 valence electrons. The highest BCUT2D eigenvalue weighted by atomic mass is 16.5. The predicted octanol–water partition coefficient (Wildman–Crippen LogP) is 6.07. The molecule has 2 heteroatoms. The molecule has 2 nitrogen and oxygen atoms in total. The van der Waals surface area contributed by atoms with Crippen LogP contribution in [-0.4, -0.2) is 12.6 Å². The van der Waals surface area contributed by atoms with Gasteiger partial charge in [-0.15, -0.1) is 0 Å². The van der Waals surface area contributed by atoms with Gasteiger partial charge in [-0.1, -0.05) is 71.5 Å². The summed E-state index contributed by atoms with van der Waals surface area (Å²) in [4.78, 5) is 11.9. The Hall–Kier alpha value is -3.57. The molecular formula is C27H24O2. The molecular weight excluding hydrogens is 356 g/mol. The molecule has 0 saturated heterocycles. The number of hydrogen-bond donors (Lipinski definition) is 0. The Morgan fingerprint density at radius 2 is 1.38 bits per heavy atom. The van der Waals surface area contributed by atoms with E-state index in [-0.39, 0.29) is 5.97 Å². The fourth-order valence-electron chi connectivity index (χ4n) is 2.80. The van der Waals surface area contributed by atoms with Gasteiger partial charge in [0.1, 0.15) is 0 Å². The highest BCUT2D eigenvalue weighted by molar-refractivity contribution is 5.93. The second-order valence-electron chi connectivity index (χ2n) is 6.88. The minimum atomic E-state index is -0.305. The third kappa shape index (κ3) is 5.70. The molecule has 3 aromatic rings. The predicted molar refractivity (Wildman–Crippen MR) is 120 cm³/mol. The van der Waals surface area contributed by atoms with Crippen molar-refractivity contribution in [3.8, 4) is 11.8 Å². The molecule has 0 bridgehead atoms. The van der Waals surface area contributed by atoms with Crippen LogP contribution in [-0.2, 0) is 4.74 Å². The fraction of sp³-hybridized carbons (Fsp3) is 0.148. The van der Waals surface area contributed by atoms with Crippen molar-refractivity contribution in [2.24, 2.45) is 0 Å². The van der Waals surface area contributed by atoms with Crippen molar-refractivity contribution in [3.63, 3.8) is 0 Å². The SMILES string of the molecule is CCOC(=O)c1ccc(/C=C(\C#Cc2ccc(C)cc2)c2ccc(C)cc2)cc1. The summed E-state index contributed by atoms with van der Waals surface area (Å²) in [5.41, 5.74) is 6.91. The van der Waals surface area contributed by atoms with E-state index in [9.17, 15) is 4.79 Å². The zero-order chi connectivity index (χ0) is 20.6. The Kier molecular flexibility index (Phi) is 6.66. The average Bonchev–Trinajstić information content (AvgIpc) is 2.73. The first-order valence-electron chi connectivity index (χ1n) is 9.70. The van der Waals surface area contributed by atoms with E-state index in [1.54, 1.807) is 19.1 Å². The van der Waals surface area contributed by atoms with Gasteiger partial charge in [0, 0.05) is 11.1 Å². The van der Waals surface area contributed by atoms with Gasteiger partial charge in [0.25, 0.3) is 0 Å². The van der Waals surface area contributed by atoms with Crippen LogP contribution in [0.1, 0.15) is 45.1 Å². The summed E-state index contributed by atoms with van der Waals surface area (Å²) in [6, 6.07) is 23.9. The van der Waals surface area contributed by atoms with Gasteiger partial charge in [-0.05, 0) is 62.2 Å². The van der Waals surface area contributed by atoms with Crippen LogP contribution in [0.4, 0.5) is 0 Å². The van der Waals surface area contributed by atoms with E-state index in [1.165, 1.54) is 11.1 Å². The molecule has 0 N–H and O–H groups in total. The molecule has 0 fully saturated rings. The highest BCUT2D eigenvalue weighted by Gasteiger charge is 2.06. The number of esters is 1. The number of benzene rings is 3. The van der Waals surface area contributed by atoms with Crippen molar-refractivity contribution < 1.29 is 9.53 Å². The standard InChI is InChI=1S/C27H24O2/c1-4-29-27(28)25-16-12-23(13-17-25)19-26(24-14-7-21(3)8-15-24)18-11-22-9-5-20(2)6-10-22/h5-10,12-17,19H,4H2,1-3H3/b26-19+. The number of aryl methyl sites for hydroxylation is 2. The lowest BCUT2D eigenvalue weighted by Crippen LogP contribution is -2.04. The summed E-state index contributed by atoms with van der Waals surface area (Å²) in [6.45, 7) is 6.30. The molecule has 0 spiro atoms. The smallest absolute Gasteiger partial charge is 0.338 e. The Labute approximate surface area is 172 Å². The minimum absolute atomic E-state index is 0.305. The van der Waals surface area contributed by atoms with Crippen LogP contribution < -0.4 is 0 Å². The number of allylic oxidation sites excluding steroid dienone is 1. The maximum absolute atomic E-state index is 11.9. The summed E-state index contributed by atoms with van der Waals surface area (Å²) in [7, 11) is 0. The first-order valence-corrected chi connectivity index (χ1v) is 9.70. The van der Waals surface area contributed by atoms with Crippen LogP contribution in [0.2, 0.25) is 0 Å². The Morgan fingerprint density at radius 1 is 0.828 bits per heavy atom. The lowest BCUT2D eigenvalue weighted by molar-refractivity contribution is 0.0526. The molecule has 0 aromatic heterocycles. The molecule has 0 heterocycles. The van der Waals surface area contributed by atoms with Crippen molar-refractivity contribution in [2.45, 2.75) is 20.8 Å². The summed E-state index contributed by atoms with van der Waals surface area (Å²) in [6.07, 6.45) is 2.04. The molecule has 0 amide bonds. The number of hydrogen-bond acceptors (Lipinski definition) is 2. The zero-order valence-electron chi connectivity index (χ0n) is 17.0. The van der Waals surface area contributed by atoms with Crippen LogP contribution in [0.3, 0.4) is 0 Å². The summed E-state index contributed by atoms with van der Waals surface area (Å²) in [5, 5.41) is 0. The van der Waals surface area contributed by atoms with E-state index in [0.717, 1.165) is 22.3 Å². The van der Waals surface area contributed by atoms with Crippen LogP contribution in [0.15, 0.2) is 72.8 Å². The van der Waals surface area contributed by atoms with E-state index >= 15 is 0 Å². The molecule has 3 rings (SSSR count). The Balaban J connectivity index is 1.95. The first-order chi connectivity index (χ1) is 14.0. The topological polar surface area (TPSA) is 26.3 Å². The second kappa shape index (κ2) is 9.57. The van der Waals surface area contributed by atoms with Crippen LogP contribution in [0.5, 0.6) is 0 Å². The van der Waals surface area contributed by atoms with Gasteiger partial charge in [0.05, 0.1) is 12.2 Å². The van der Waals surface area contributed by atoms with E-state index in [0.29, 0.717) is 12.2 Å². The van der Waals surface area contributed by atoms with E-state index in [2.05, 4.69) is 62.1 Å². The number of ether oxygens (including phenoxy) is 1. The molecule has 3 aromatic carbocycles. The summed E-state index contributed by atoms with van der Waals surface area (Å²) < 4.78 is 5.05. The quantitative estimate of drug-likeness (QED) is 0.312. The molecule has 29 heavy (non-hydrogen) atoms. The Morgan fingerprint density at radius 3 is 1.97 bits per heavy atom. The van der Waals surface area contributed by atoms with Crippen molar-refractivity contribution in [3.05, 3.63) is 106 Å². The normalized spacial score (nSPS) is 10.8. The van der Waals surface area contributed by atoms with Gasteiger partial charge < -0.3 is 4.74 Å². The molecule has 0 atom stereocenters. The molecule has 0 radical (unpaired) electrons. The Bertz CT molecular complexity index is 1060. The van der Waals surface area contributed by atoms with Crippen molar-refractivity contribution in [1.82, 2.24) is 0 Å². The van der Waals surface area contributed by atoms with E-state index in [4.69, 9.17) is 4.74 Å². The zero-order valence-corrected chi connectivity index (χ0v) is 17.0. The largest absolute Gasteiger partial charge is 0.462 e. The first kappa shape index (κ1) is 20.2. The van der Waals surface area contributed by atoms with Crippen LogP contribution in [0, 0.1) is 25.7 Å². The van der Waals surface area contributed by atoms with Crippen LogP contribution in [0.25, 0.3) is 11.6 Å². The van der Waals surface area contributed by atoms with Gasteiger partial charge >= 0.3 is 5.97 Å². The molecule has 0 aliphatic heterocycles. The molecule has 0 aliphatic carbocycles. The third-order valence-electron chi connectivity index (χ3n) is 4.49. The van der Waals surface area contributed by atoms with E-state index < -0.39 is 0 Å². The number of carbonyl (C=O) groups excluding carboxylic acids is 1. The van der Waals surface area contributed by atoms with Crippen molar-refractivity contribution >= 4 is 17.6 Å². The van der Waals surface area contributed by atoms with Gasteiger partial charge in [0.15, 0.2) is 0 Å². The minimum Gasteiger partial charge on any atom is -0.462 e. The molecule has 0 unspecified atom stereocenters. The van der Waals surface area contributed by atoms with E-state index in [1.807, 2.05) is 30.3 Å². The highest BCUT2D eigenvalue weighted by Crippen LogP contribution is 2.19. The lowest BCUT2D eigenvalue weighted by Gasteiger charge is -2.04. The van der Waals surface area contributed by atoms with Crippen molar-refractivity contribution in [1.29, 1.82) is 0 Å². The molecule has 0 saturated carbocycles. The average molecular weight is 380 g/mol. The maximum atomic E-state index is 11.9. The summed E-state index contributed by atoms with van der Waals surface area (Å²) >= 11 is 0. The van der Waals surface area contributed by atoms with Crippen LogP contribution >= 0.6 is 0 Å². The number of rotatable bonds is 4. The third-order valence-corrected chi connectivity index (χ3v) is 4.49. The second-order valence-corrected chi connectivity index (χ2v) is 6.88. The van der Waals surface area contributed by atoms with Gasteiger partial charge in [0.2, 0.25) is 0 Å². The number of carbonyl (C=O) groups is 1. The van der Waals surface area contributed by atoms with Gasteiger partial charge in [-0.2, -0.15) is 0 Å².